The van der Waals surface area contributed by atoms with E-state index in [9.17, 15) is 9.59 Å². The van der Waals surface area contributed by atoms with E-state index >= 15 is 0 Å². The van der Waals surface area contributed by atoms with Crippen molar-refractivity contribution in [3.8, 4) is 0 Å². The number of methoxy groups -OCH3 is 1. The van der Waals surface area contributed by atoms with Gasteiger partial charge in [0, 0.05) is 18.0 Å². The summed E-state index contributed by atoms with van der Waals surface area (Å²) in [6, 6.07) is 4.88. The second-order valence-corrected chi connectivity index (χ2v) is 4.87. The van der Waals surface area contributed by atoms with Crippen molar-refractivity contribution < 1.29 is 14.3 Å². The predicted octanol–water partition coefficient (Wildman–Crippen LogP) is 2.52. The van der Waals surface area contributed by atoms with Gasteiger partial charge in [0.2, 0.25) is 5.91 Å². The molecule has 1 saturated heterocycles. The lowest BCUT2D eigenvalue weighted by molar-refractivity contribution is -0.145. The Labute approximate surface area is 114 Å². The first-order valence-electron chi connectivity index (χ1n) is 5.36. The van der Waals surface area contributed by atoms with Crippen LogP contribution >= 0.6 is 23.2 Å². The van der Waals surface area contributed by atoms with E-state index in [0.29, 0.717) is 15.7 Å². The number of nitrogens with zero attached hydrogens (tertiary/aromatic N) is 1. The summed E-state index contributed by atoms with van der Waals surface area (Å²) in [6.07, 6.45) is 0.134. The minimum Gasteiger partial charge on any atom is -0.469 e. The molecule has 1 atom stereocenters. The molecule has 0 radical (unpaired) electrons. The summed E-state index contributed by atoms with van der Waals surface area (Å²) in [6.45, 7) is 0.269. The molecule has 1 heterocycles. The van der Waals surface area contributed by atoms with E-state index in [-0.39, 0.29) is 24.8 Å². The van der Waals surface area contributed by atoms with Crippen LogP contribution in [0.15, 0.2) is 18.2 Å². The topological polar surface area (TPSA) is 46.6 Å². The van der Waals surface area contributed by atoms with Gasteiger partial charge in [0.15, 0.2) is 0 Å². The van der Waals surface area contributed by atoms with Crippen molar-refractivity contribution in [2.45, 2.75) is 6.42 Å². The maximum atomic E-state index is 11.9. The van der Waals surface area contributed by atoms with E-state index < -0.39 is 5.92 Å². The Hall–Kier alpha value is -1.26. The lowest BCUT2D eigenvalue weighted by Crippen LogP contribution is -2.26. The van der Waals surface area contributed by atoms with Gasteiger partial charge in [-0.3, -0.25) is 9.59 Å². The summed E-state index contributed by atoms with van der Waals surface area (Å²) in [5, 5.41) is 0.919. The molecule has 0 bridgehead atoms. The number of rotatable bonds is 2. The third-order valence-corrected chi connectivity index (χ3v) is 3.41. The van der Waals surface area contributed by atoms with Crippen LogP contribution in [0, 0.1) is 5.92 Å². The van der Waals surface area contributed by atoms with Gasteiger partial charge < -0.3 is 9.64 Å². The maximum absolute atomic E-state index is 11.9. The molecule has 0 saturated carbocycles. The van der Waals surface area contributed by atoms with Crippen LogP contribution < -0.4 is 4.90 Å². The van der Waals surface area contributed by atoms with Gasteiger partial charge >= 0.3 is 5.97 Å². The molecule has 1 amide bonds. The smallest absolute Gasteiger partial charge is 0.311 e. The first-order chi connectivity index (χ1) is 8.52. The molecule has 1 aliphatic rings. The van der Waals surface area contributed by atoms with Crippen LogP contribution in [0.2, 0.25) is 10.0 Å². The van der Waals surface area contributed by atoms with Crippen LogP contribution in [0.3, 0.4) is 0 Å². The number of carbonyl (C=O) groups is 2. The minimum atomic E-state index is -0.447. The van der Waals surface area contributed by atoms with Gasteiger partial charge in [0.1, 0.15) is 0 Å². The molecule has 0 spiro atoms. The molecule has 0 aromatic heterocycles. The Balaban J connectivity index is 2.27. The van der Waals surface area contributed by atoms with Gasteiger partial charge in [-0.05, 0) is 18.2 Å². The third-order valence-electron chi connectivity index (χ3n) is 2.86. The molecular weight excluding hydrogens is 277 g/mol. The highest BCUT2D eigenvalue weighted by molar-refractivity contribution is 6.35. The zero-order valence-corrected chi connectivity index (χ0v) is 11.2. The lowest BCUT2D eigenvalue weighted by atomic mass is 10.1. The van der Waals surface area contributed by atoms with E-state index in [2.05, 4.69) is 4.74 Å². The van der Waals surface area contributed by atoms with E-state index in [1.165, 1.54) is 12.0 Å². The largest absolute Gasteiger partial charge is 0.469 e. The van der Waals surface area contributed by atoms with Crippen LogP contribution in [0.5, 0.6) is 0 Å². The van der Waals surface area contributed by atoms with Gasteiger partial charge in [-0.1, -0.05) is 23.2 Å². The molecule has 18 heavy (non-hydrogen) atoms. The summed E-state index contributed by atoms with van der Waals surface area (Å²) in [5.74, 6) is -0.990. The van der Waals surface area contributed by atoms with Crippen LogP contribution in [-0.4, -0.2) is 25.5 Å². The van der Waals surface area contributed by atoms with Gasteiger partial charge in [-0.2, -0.15) is 0 Å². The molecule has 1 fully saturated rings. The number of carbonyl (C=O) groups excluding carboxylic acids is 2. The summed E-state index contributed by atoms with van der Waals surface area (Å²) in [4.78, 5) is 24.8. The summed E-state index contributed by atoms with van der Waals surface area (Å²) in [5.41, 5.74) is 0.528. The normalized spacial score (nSPS) is 19.2. The number of esters is 1. The third kappa shape index (κ3) is 2.44. The molecule has 96 valence electrons. The predicted molar refractivity (Wildman–Crippen MR) is 68.9 cm³/mol. The molecule has 1 aromatic carbocycles. The number of amides is 1. The van der Waals surface area contributed by atoms with Gasteiger partial charge in [0.05, 0.1) is 23.7 Å². The monoisotopic (exact) mass is 287 g/mol. The van der Waals surface area contributed by atoms with Crippen LogP contribution in [0.25, 0.3) is 0 Å². The first-order valence-corrected chi connectivity index (χ1v) is 6.11. The number of ether oxygens (including phenoxy) is 1. The Bertz CT molecular complexity index is 504. The van der Waals surface area contributed by atoms with Crippen LogP contribution in [0.4, 0.5) is 5.69 Å². The molecule has 4 nitrogen and oxygen atoms in total. The molecular formula is C12H11Cl2NO3. The maximum Gasteiger partial charge on any atom is 0.311 e. The van der Waals surface area contributed by atoms with Crippen LogP contribution in [0.1, 0.15) is 6.42 Å². The zero-order chi connectivity index (χ0) is 13.3. The molecule has 2 rings (SSSR count). The molecule has 1 aliphatic heterocycles. The van der Waals surface area contributed by atoms with Crippen molar-refractivity contribution in [3.05, 3.63) is 28.2 Å². The fraction of sp³-hybridized carbons (Fsp3) is 0.333. The highest BCUT2D eigenvalue weighted by atomic mass is 35.5. The van der Waals surface area contributed by atoms with E-state index in [1.807, 2.05) is 0 Å². The quantitative estimate of drug-likeness (QED) is 0.786. The Kier molecular flexibility index (Phi) is 3.78. The van der Waals surface area contributed by atoms with E-state index in [4.69, 9.17) is 23.2 Å². The average molecular weight is 288 g/mol. The number of hydrogen-bond acceptors (Lipinski definition) is 3. The SMILES string of the molecule is COC(=O)[C@@H]1CC(=O)N(c2cc(Cl)ccc2Cl)C1. The molecule has 1 aromatic rings. The summed E-state index contributed by atoms with van der Waals surface area (Å²) in [7, 11) is 1.31. The molecule has 0 unspecified atom stereocenters. The standard InChI is InChI=1S/C12H11Cl2NO3/c1-18-12(17)7-4-11(16)15(6-7)10-5-8(13)2-3-9(10)14/h2-3,5,7H,4,6H2,1H3/t7-/m1/s1. The Morgan fingerprint density at radius 3 is 2.83 bits per heavy atom. The first kappa shape index (κ1) is 13.2. The van der Waals surface area contributed by atoms with Gasteiger partial charge in [0.25, 0.3) is 0 Å². The zero-order valence-electron chi connectivity index (χ0n) is 9.65. The Morgan fingerprint density at radius 2 is 2.17 bits per heavy atom. The average Bonchev–Trinajstić information content (AvgIpc) is 2.73. The summed E-state index contributed by atoms with van der Waals surface area (Å²) < 4.78 is 4.64. The van der Waals surface area contributed by atoms with E-state index in [1.54, 1.807) is 18.2 Å². The molecule has 0 aliphatic carbocycles. The van der Waals surface area contributed by atoms with E-state index in [0.717, 1.165) is 0 Å². The highest BCUT2D eigenvalue weighted by Gasteiger charge is 2.36. The fourth-order valence-electron chi connectivity index (χ4n) is 1.96. The van der Waals surface area contributed by atoms with Gasteiger partial charge in [-0.15, -0.1) is 0 Å². The fourth-order valence-corrected chi connectivity index (χ4v) is 2.34. The number of benzene rings is 1. The number of hydrogen-bond donors (Lipinski definition) is 0. The minimum absolute atomic E-state index is 0.134. The van der Waals surface area contributed by atoms with Crippen molar-refractivity contribution in [2.75, 3.05) is 18.6 Å². The highest BCUT2D eigenvalue weighted by Crippen LogP contribution is 2.33. The number of halogens is 2. The second-order valence-electron chi connectivity index (χ2n) is 4.02. The van der Waals surface area contributed by atoms with Crippen molar-refractivity contribution in [3.63, 3.8) is 0 Å². The summed E-state index contributed by atoms with van der Waals surface area (Å²) >= 11 is 11.9. The second kappa shape index (κ2) is 5.16. The molecule has 0 N–H and O–H groups in total. The van der Waals surface area contributed by atoms with Crippen molar-refractivity contribution in [1.29, 1.82) is 0 Å². The lowest BCUT2D eigenvalue weighted by Gasteiger charge is -2.18. The number of anilines is 1. The van der Waals surface area contributed by atoms with Crippen molar-refractivity contribution in [1.82, 2.24) is 0 Å². The van der Waals surface area contributed by atoms with Crippen molar-refractivity contribution >= 4 is 40.8 Å². The van der Waals surface area contributed by atoms with Crippen molar-refractivity contribution in [2.24, 2.45) is 5.92 Å². The van der Waals surface area contributed by atoms with Crippen LogP contribution in [-0.2, 0) is 14.3 Å². The molecule has 6 heteroatoms. The Morgan fingerprint density at radius 1 is 1.44 bits per heavy atom. The van der Waals surface area contributed by atoms with Gasteiger partial charge in [-0.25, -0.2) is 0 Å².